The second-order valence-corrected chi connectivity index (χ2v) is 53.7. The minimum Gasteiger partial charge on any atom is -0.413 e. The number of rotatable bonds is 21. The Hall–Kier alpha value is -2.59. The molecule has 8 aliphatic carbocycles. The van der Waals surface area contributed by atoms with Gasteiger partial charge in [0.25, 0.3) is 0 Å². The highest BCUT2D eigenvalue weighted by atomic mass is 31.2. The van der Waals surface area contributed by atoms with E-state index in [0.717, 1.165) is 150 Å². The number of Topliss-reactive ketones (excluding diaryl/α,β-unsaturated/α-hetero) is 1. The van der Waals surface area contributed by atoms with Crippen molar-refractivity contribution in [1.29, 1.82) is 0 Å². The Morgan fingerprint density at radius 1 is 0.637 bits per heavy atom. The van der Waals surface area contributed by atoms with Gasteiger partial charge in [0.1, 0.15) is 12.9 Å². The van der Waals surface area contributed by atoms with Crippen LogP contribution < -0.4 is 10.6 Å². The van der Waals surface area contributed by atoms with E-state index in [0.29, 0.717) is 67.4 Å². The smallest absolute Gasteiger partial charge is 0.192 e. The van der Waals surface area contributed by atoms with Gasteiger partial charge in [0.05, 0.1) is 35.6 Å². The lowest BCUT2D eigenvalue weighted by Crippen LogP contribution is -2.49. The molecule has 0 amide bonds. The molecule has 0 bridgehead atoms. The van der Waals surface area contributed by atoms with E-state index in [1.165, 1.54) is 18.4 Å². The van der Waals surface area contributed by atoms with Crippen LogP contribution in [-0.4, -0.2) is 101 Å². The molecule has 578 valence electrons. The summed E-state index contributed by atoms with van der Waals surface area (Å²) in [7, 11) is -9.32. The number of allylic oxidation sites excluding steroid dienone is 4. The van der Waals surface area contributed by atoms with Crippen LogP contribution in [0, 0.1) is 45.3 Å². The van der Waals surface area contributed by atoms with Gasteiger partial charge >= 0.3 is 0 Å². The highest BCUT2D eigenvalue weighted by molar-refractivity contribution is 7.78. The van der Waals surface area contributed by atoms with E-state index < -0.39 is 82.9 Å². The van der Waals surface area contributed by atoms with E-state index in [4.69, 9.17) is 34.5 Å². The lowest BCUT2D eigenvalue weighted by atomic mass is 9.59. The molecule has 9 nitrogen and oxygen atoms in total. The molecule has 8 saturated carbocycles. The van der Waals surface area contributed by atoms with Crippen LogP contribution in [0.3, 0.4) is 0 Å². The van der Waals surface area contributed by atoms with Gasteiger partial charge in [-0.3, -0.25) is 4.79 Å². The Labute approximate surface area is 645 Å². The largest absolute Gasteiger partial charge is 0.413 e. The Morgan fingerprint density at radius 3 is 1.64 bits per heavy atom. The molecule has 3 N–H and O–H groups in total. The van der Waals surface area contributed by atoms with Crippen LogP contribution in [0.25, 0.3) is 0 Å². The minimum absolute atomic E-state index is 0. The average Bonchev–Trinajstić information content (AvgIpc) is 1.57. The lowest BCUT2D eigenvalue weighted by molar-refractivity contribution is -0.130. The van der Waals surface area contributed by atoms with Gasteiger partial charge in [-0.15, -0.1) is 0 Å². The molecule has 2 aromatic carbocycles. The topological polar surface area (TPSA) is 132 Å². The summed E-state index contributed by atoms with van der Waals surface area (Å²) in [6.45, 7) is 32.5. The third-order valence-corrected chi connectivity index (χ3v) is 39.2. The molecule has 0 spiro atoms. The summed E-state index contributed by atoms with van der Waals surface area (Å²) in [6.07, 6.45) is 27.7. The van der Waals surface area contributed by atoms with Crippen LogP contribution in [0.1, 0.15) is 281 Å². The predicted octanol–water partition coefficient (Wildman–Crippen LogP) is 23.3. The Bertz CT molecular complexity index is 3590. The number of fused-ring (bicyclic) bond motifs is 2. The number of ketones is 1. The van der Waals surface area contributed by atoms with E-state index in [-0.39, 0.29) is 77.6 Å². The fourth-order valence-corrected chi connectivity index (χ4v) is 24.8. The number of benzene rings is 2. The molecule has 9 fully saturated rings. The summed E-state index contributed by atoms with van der Waals surface area (Å²) in [5.41, 5.74) is 0.921. The molecule has 2 aromatic rings. The quantitative estimate of drug-likeness (QED) is 0.0826. The Morgan fingerprint density at radius 2 is 1.15 bits per heavy atom. The lowest BCUT2D eigenvalue weighted by Gasteiger charge is -2.45. The van der Waals surface area contributed by atoms with Gasteiger partial charge in [0.15, 0.2) is 25.0 Å². The summed E-state index contributed by atoms with van der Waals surface area (Å²) >= 11 is 0. The van der Waals surface area contributed by atoms with Crippen LogP contribution in [0.15, 0.2) is 120 Å². The highest BCUT2D eigenvalue weighted by Gasteiger charge is 2.63. The molecule has 6 unspecified atom stereocenters. The first kappa shape index (κ1) is 71.0. The fourth-order valence-electron chi connectivity index (χ4n) is 18.5. The molecule has 102 heavy (non-hydrogen) atoms. The number of hydrogen-bond donors (Lipinski definition) is 3. The van der Waals surface area contributed by atoms with Gasteiger partial charge in [-0.25, -0.2) is 0 Å². The van der Waals surface area contributed by atoms with Crippen molar-refractivity contribution in [2.24, 2.45) is 45.3 Å². The van der Waals surface area contributed by atoms with Gasteiger partial charge in [-0.2, -0.15) is 0 Å². The van der Waals surface area contributed by atoms with Crippen molar-refractivity contribution in [2.45, 2.75) is 356 Å². The Balaban J connectivity index is 0.000000257. The van der Waals surface area contributed by atoms with E-state index in [1.54, 1.807) is 0 Å². The molecular formula is C89H151O9PSi3. The number of aliphatic hydroxyl groups excluding tert-OH is 2. The molecule has 1 aliphatic heterocycles. The van der Waals surface area contributed by atoms with Crippen LogP contribution in [0.5, 0.6) is 0 Å². The number of ether oxygens (including phenoxy) is 1. The van der Waals surface area contributed by atoms with Crippen molar-refractivity contribution in [3.05, 3.63) is 120 Å². The maximum atomic E-state index is 14.7. The maximum absolute atomic E-state index is 14.7. The molecule has 10 atom stereocenters. The van der Waals surface area contributed by atoms with E-state index in [1.807, 2.05) is 80.3 Å². The fraction of sp³-hybridized carbons (Fsp3) is 0.742. The number of carbonyl (C=O) groups excluding carboxylic acids is 1. The van der Waals surface area contributed by atoms with Crippen molar-refractivity contribution < 1.29 is 59.1 Å². The van der Waals surface area contributed by atoms with E-state index in [9.17, 15) is 24.7 Å². The van der Waals surface area contributed by atoms with Crippen molar-refractivity contribution >= 4 is 48.5 Å². The van der Waals surface area contributed by atoms with E-state index >= 15 is 0 Å². The van der Waals surface area contributed by atoms with Gasteiger partial charge < -0.3 is 37.9 Å². The van der Waals surface area contributed by atoms with Crippen LogP contribution in [-0.2, 0) is 27.4 Å². The SMILES string of the molecule is C.C.C1CCOC1.C=C1/C(=C\CP(=O)(c2ccccc2)c2ccccc2)CC(O[Si](C)(C)C(C)(C)C)C[C@@H]1O[Si](C)(C)C(C)(C)C.[2H]C([2H])([2H])C(CCCC1(C2CCC3C(=O)CCC[C@@]32C)CC1)(O[Si](C)(C)C)C([2H])([2H])[2H].[2H]C([2H])([2H])C(O)(CCCC1(C2CCC3/C(=C/C=C4/CC(O)C[C@H](O)C4=C)CCC[C@@]32C)CC1)C([2H])([2H])[2H]. The van der Waals surface area contributed by atoms with Crippen LogP contribution in [0.4, 0.5) is 0 Å². The summed E-state index contributed by atoms with van der Waals surface area (Å²) in [5.74, 6) is 2.07. The van der Waals surface area contributed by atoms with Crippen LogP contribution >= 0.6 is 7.14 Å². The van der Waals surface area contributed by atoms with Gasteiger partial charge in [-0.1, -0.05) is 181 Å². The van der Waals surface area contributed by atoms with Crippen LogP contribution in [0.2, 0.25) is 55.9 Å². The highest BCUT2D eigenvalue weighted by Crippen LogP contribution is 2.71. The molecule has 13 heteroatoms. The molecule has 0 aromatic heterocycles. The number of aliphatic hydroxyl groups is 3. The third kappa shape index (κ3) is 22.3. The monoisotopic (exact) mass is 1490 g/mol. The second kappa shape index (κ2) is 35.0. The van der Waals surface area contributed by atoms with E-state index in [2.05, 4.69) is 113 Å². The minimum atomic E-state index is -2.95. The Kier molecular flexibility index (Phi) is 24.4. The number of hydrogen-bond acceptors (Lipinski definition) is 9. The first-order valence-electron chi connectivity index (χ1n) is 44.8. The first-order chi connectivity index (χ1) is 51.4. The maximum Gasteiger partial charge on any atom is 0.192 e. The molecule has 1 heterocycles. The number of carbonyl (C=O) groups is 1. The first-order valence-corrected chi connectivity index (χ1v) is 49.9. The second-order valence-electron chi connectivity index (χ2n) is 36.9. The molecule has 0 radical (unpaired) electrons. The summed E-state index contributed by atoms with van der Waals surface area (Å²) in [6, 6.07) is 19.8. The molecule has 11 rings (SSSR count). The summed E-state index contributed by atoms with van der Waals surface area (Å²) < 4.78 is 134. The van der Waals surface area contributed by atoms with Gasteiger partial charge in [0, 0.05) is 71.6 Å². The predicted molar refractivity (Wildman–Crippen MR) is 442 cm³/mol. The van der Waals surface area contributed by atoms with Crippen molar-refractivity contribution in [3.8, 4) is 0 Å². The van der Waals surface area contributed by atoms with Crippen molar-refractivity contribution in [3.63, 3.8) is 0 Å². The van der Waals surface area contributed by atoms with Crippen molar-refractivity contribution in [2.75, 3.05) is 19.4 Å². The molecule has 9 aliphatic rings. The average molecular weight is 1490 g/mol. The summed E-state index contributed by atoms with van der Waals surface area (Å²) in [4.78, 5) is 12.5. The van der Waals surface area contributed by atoms with Crippen molar-refractivity contribution in [1.82, 2.24) is 0 Å². The normalized spacial score (nSPS) is 32.2. The molecular weight excluding hydrogens is 1330 g/mol. The standard InChI is InChI=1S/C33H51O3PSi2.C28H44O3.C22H40O2Si.C4H8O.2CH4/c1-26-27(22-23-37(34,29-18-14-12-15-19-29)30-20-16-13-17-21-30)24-28(35-38(8,9)32(2,3)4)25-31(26)36-39(10,11)33(5,6)7;1-19-21(17-22(29)18-24(19)30)9-8-20-7-5-13-27(4)23(20)10-11-25(27)28(15-16-28)14-6-12-26(2,3)31;1-20(2,24-25(4,5)6)12-8-14-22(15-16-22)19-11-10-17-18(23)9-7-13-21(17,19)3;1-2-4-5-3-1;;/h12-22,28,31H,1,23-25H2,2-11H3;8-9,22-25,29-31H,1,5-7,10-18H2,2-4H3;17,19H,7-16H2,1-6H3;1-4H2;2*1H4/b27-22-;20-8+,21-9-;;;;/t28?,31-;22?,23?,24-,25?,27-;17?,19?,21-;;;/m000.../s1/i;2D3,3D3;1D3,2D3;;;. The third-order valence-electron chi connectivity index (χ3n) is 26.3. The zero-order valence-electron chi connectivity index (χ0n) is 76.8. The zero-order valence-corrected chi connectivity index (χ0v) is 68.7. The summed E-state index contributed by atoms with van der Waals surface area (Å²) in [5, 5.41) is 33.0. The van der Waals surface area contributed by atoms with Gasteiger partial charge in [-0.05, 0) is 280 Å². The molecule has 1 saturated heterocycles. The zero-order chi connectivity index (χ0) is 83.8. The van der Waals surface area contributed by atoms with Gasteiger partial charge in [0.2, 0.25) is 0 Å².